The number of hydrogen-bond donors (Lipinski definition) is 2. The molecule has 1 aromatic rings. The topological polar surface area (TPSA) is 44.4 Å². The molecule has 2 heterocycles. The summed E-state index contributed by atoms with van der Waals surface area (Å²) in [7, 11) is 0. The second kappa shape index (κ2) is 7.77. The van der Waals surface area contributed by atoms with E-state index in [0.29, 0.717) is 24.5 Å². The number of hydrogen-bond acceptors (Lipinski definition) is 4. The second-order valence-electron chi connectivity index (χ2n) is 6.32. The Balaban J connectivity index is 0.00000176. The molecule has 2 fully saturated rings. The van der Waals surface area contributed by atoms with Crippen LogP contribution in [-0.4, -0.2) is 43.0 Å². The molecule has 0 radical (unpaired) electrons. The van der Waals surface area contributed by atoms with Gasteiger partial charge in [-0.25, -0.2) is 0 Å². The third-order valence-electron chi connectivity index (χ3n) is 4.87. The number of carbonyl (C=O) groups excluding carboxylic acids is 1. The van der Waals surface area contributed by atoms with Crippen molar-refractivity contribution in [1.29, 1.82) is 0 Å². The molecule has 1 aliphatic carbocycles. The van der Waals surface area contributed by atoms with E-state index < -0.39 is 0 Å². The van der Waals surface area contributed by atoms with Crippen molar-refractivity contribution in [3.05, 3.63) is 22.4 Å². The van der Waals surface area contributed by atoms with Crippen molar-refractivity contribution < 1.29 is 4.79 Å². The third-order valence-corrected chi connectivity index (χ3v) is 5.61. The zero-order valence-corrected chi connectivity index (χ0v) is 14.8. The standard InChI is InChI=1S/C16H25N3OS.ClH/c1-2-18-15(20)11-19(10-13-3-8-21-12-13)14-9-16(14)4-6-17-7-5-16;/h3,8,12,14,17H,2,4-7,9-11H2,1H3,(H,18,20);1H. The summed E-state index contributed by atoms with van der Waals surface area (Å²) in [5.74, 6) is 0.156. The smallest absolute Gasteiger partial charge is 0.234 e. The number of amides is 1. The number of nitrogens with one attached hydrogen (secondary N) is 2. The van der Waals surface area contributed by atoms with Gasteiger partial charge >= 0.3 is 0 Å². The summed E-state index contributed by atoms with van der Waals surface area (Å²) >= 11 is 1.73. The first-order valence-corrected chi connectivity index (χ1v) is 8.90. The van der Waals surface area contributed by atoms with Gasteiger partial charge in [0, 0.05) is 19.1 Å². The normalized spacial score (nSPS) is 22.4. The highest BCUT2D eigenvalue weighted by Crippen LogP contribution is 2.55. The van der Waals surface area contributed by atoms with Crippen LogP contribution in [0.4, 0.5) is 0 Å². The lowest BCUT2D eigenvalue weighted by Crippen LogP contribution is -2.41. The Morgan fingerprint density at radius 1 is 1.50 bits per heavy atom. The Morgan fingerprint density at radius 3 is 2.91 bits per heavy atom. The Bertz CT molecular complexity index is 474. The van der Waals surface area contributed by atoms with E-state index in [0.717, 1.165) is 19.6 Å². The average Bonchev–Trinajstić information content (AvgIpc) is 2.93. The number of halogens is 1. The van der Waals surface area contributed by atoms with Gasteiger partial charge in [0.15, 0.2) is 0 Å². The van der Waals surface area contributed by atoms with Gasteiger partial charge in [0.05, 0.1) is 6.54 Å². The van der Waals surface area contributed by atoms with Crippen LogP contribution in [0.15, 0.2) is 16.8 Å². The molecule has 4 nitrogen and oxygen atoms in total. The van der Waals surface area contributed by atoms with Crippen LogP contribution in [-0.2, 0) is 11.3 Å². The molecule has 1 spiro atoms. The van der Waals surface area contributed by atoms with Gasteiger partial charge in [-0.1, -0.05) is 0 Å². The van der Waals surface area contributed by atoms with Crippen LogP contribution in [0.5, 0.6) is 0 Å². The van der Waals surface area contributed by atoms with Crippen molar-refractivity contribution in [2.75, 3.05) is 26.2 Å². The Labute approximate surface area is 143 Å². The maximum Gasteiger partial charge on any atom is 0.234 e. The fourth-order valence-electron chi connectivity index (χ4n) is 3.64. The third kappa shape index (κ3) is 4.02. The molecular weight excluding hydrogens is 318 g/mol. The summed E-state index contributed by atoms with van der Waals surface area (Å²) in [6.45, 7) is 6.38. The van der Waals surface area contributed by atoms with Gasteiger partial charge in [-0.2, -0.15) is 11.3 Å². The minimum absolute atomic E-state index is 0. The Kier molecular flexibility index (Phi) is 6.26. The van der Waals surface area contributed by atoms with Gasteiger partial charge in [-0.05, 0) is 67.1 Å². The van der Waals surface area contributed by atoms with Gasteiger partial charge in [0.1, 0.15) is 0 Å². The zero-order valence-electron chi connectivity index (χ0n) is 13.1. The monoisotopic (exact) mass is 343 g/mol. The van der Waals surface area contributed by atoms with E-state index in [1.54, 1.807) is 11.3 Å². The van der Waals surface area contributed by atoms with Gasteiger partial charge in [-0.15, -0.1) is 12.4 Å². The quantitative estimate of drug-likeness (QED) is 0.832. The highest BCUT2D eigenvalue weighted by molar-refractivity contribution is 7.07. The largest absolute Gasteiger partial charge is 0.355 e. The molecule has 6 heteroatoms. The van der Waals surface area contributed by atoms with Crippen molar-refractivity contribution >= 4 is 29.7 Å². The van der Waals surface area contributed by atoms with E-state index in [4.69, 9.17) is 0 Å². The fourth-order valence-corrected chi connectivity index (χ4v) is 4.30. The predicted octanol–water partition coefficient (Wildman–Crippen LogP) is 2.25. The molecule has 1 aromatic heterocycles. The average molecular weight is 344 g/mol. The van der Waals surface area contributed by atoms with Gasteiger partial charge in [0.25, 0.3) is 0 Å². The minimum Gasteiger partial charge on any atom is -0.355 e. The zero-order chi connectivity index (χ0) is 14.7. The maximum atomic E-state index is 12.0. The summed E-state index contributed by atoms with van der Waals surface area (Å²) < 4.78 is 0. The molecule has 1 atom stereocenters. The van der Waals surface area contributed by atoms with Crippen molar-refractivity contribution in [2.24, 2.45) is 5.41 Å². The van der Waals surface area contributed by atoms with Crippen LogP contribution in [0, 0.1) is 5.41 Å². The molecule has 3 rings (SSSR count). The van der Waals surface area contributed by atoms with Crippen LogP contribution in [0.2, 0.25) is 0 Å². The van der Waals surface area contributed by atoms with Gasteiger partial charge in [0.2, 0.25) is 5.91 Å². The Hall–Kier alpha value is -0.620. The first-order valence-electron chi connectivity index (χ1n) is 7.96. The SMILES string of the molecule is CCNC(=O)CN(Cc1ccsc1)C1CC12CCNCC2.Cl. The molecule has 1 saturated heterocycles. The lowest BCUT2D eigenvalue weighted by atomic mass is 9.93. The van der Waals surface area contributed by atoms with E-state index in [2.05, 4.69) is 32.4 Å². The molecule has 0 bridgehead atoms. The highest BCUT2D eigenvalue weighted by Gasteiger charge is 2.56. The van der Waals surface area contributed by atoms with Crippen LogP contribution >= 0.6 is 23.7 Å². The molecule has 1 saturated carbocycles. The van der Waals surface area contributed by atoms with E-state index in [1.165, 1.54) is 24.8 Å². The molecule has 2 aliphatic rings. The summed E-state index contributed by atoms with van der Waals surface area (Å²) in [6, 6.07) is 2.76. The van der Waals surface area contributed by atoms with Crippen LogP contribution in [0.1, 0.15) is 31.7 Å². The number of thiophene rings is 1. The first kappa shape index (κ1) is 17.7. The van der Waals surface area contributed by atoms with E-state index in [1.807, 2.05) is 6.92 Å². The molecule has 1 aliphatic heterocycles. The molecule has 0 aromatic carbocycles. The molecule has 124 valence electrons. The minimum atomic E-state index is 0. The van der Waals surface area contributed by atoms with E-state index in [-0.39, 0.29) is 18.3 Å². The van der Waals surface area contributed by atoms with Crippen LogP contribution in [0.3, 0.4) is 0 Å². The number of carbonyl (C=O) groups is 1. The summed E-state index contributed by atoms with van der Waals surface area (Å²) in [4.78, 5) is 14.4. The maximum absolute atomic E-state index is 12.0. The number of rotatable bonds is 6. The van der Waals surface area contributed by atoms with Crippen LogP contribution in [0.25, 0.3) is 0 Å². The van der Waals surface area contributed by atoms with Crippen molar-refractivity contribution in [1.82, 2.24) is 15.5 Å². The van der Waals surface area contributed by atoms with E-state index in [9.17, 15) is 4.79 Å². The number of nitrogens with zero attached hydrogens (tertiary/aromatic N) is 1. The number of likely N-dealkylation sites (N-methyl/N-ethyl adjacent to an activating group) is 1. The summed E-state index contributed by atoms with van der Waals surface area (Å²) in [5, 5.41) is 10.7. The fraction of sp³-hybridized carbons (Fsp3) is 0.688. The molecule has 1 unspecified atom stereocenters. The van der Waals surface area contributed by atoms with E-state index >= 15 is 0 Å². The molecular formula is C16H26ClN3OS. The first-order chi connectivity index (χ1) is 10.2. The van der Waals surface area contributed by atoms with Gasteiger partial charge < -0.3 is 10.6 Å². The number of piperidine rings is 1. The molecule has 1 amide bonds. The molecule has 2 N–H and O–H groups in total. The summed E-state index contributed by atoms with van der Waals surface area (Å²) in [6.07, 6.45) is 3.78. The second-order valence-corrected chi connectivity index (χ2v) is 7.10. The van der Waals surface area contributed by atoms with Crippen molar-refractivity contribution in [3.8, 4) is 0 Å². The highest BCUT2D eigenvalue weighted by atomic mass is 35.5. The molecule has 22 heavy (non-hydrogen) atoms. The predicted molar refractivity (Wildman–Crippen MR) is 93.6 cm³/mol. The van der Waals surface area contributed by atoms with Crippen molar-refractivity contribution in [2.45, 2.75) is 38.8 Å². The summed E-state index contributed by atoms with van der Waals surface area (Å²) in [5.41, 5.74) is 1.81. The van der Waals surface area contributed by atoms with Gasteiger partial charge in [-0.3, -0.25) is 9.69 Å². The van der Waals surface area contributed by atoms with Crippen LogP contribution < -0.4 is 10.6 Å². The lowest BCUT2D eigenvalue weighted by molar-refractivity contribution is -0.122. The lowest BCUT2D eigenvalue weighted by Gasteiger charge is -2.29. The van der Waals surface area contributed by atoms with Crippen molar-refractivity contribution in [3.63, 3.8) is 0 Å². The Morgan fingerprint density at radius 2 is 2.27 bits per heavy atom.